The number of amidine groups is 2. The molecule has 5 rings (SSSR count). The summed E-state index contributed by atoms with van der Waals surface area (Å²) in [6.07, 6.45) is 1.96. The fourth-order valence-electron chi connectivity index (χ4n) is 5.23. The molecule has 2 aliphatic heterocycles. The third kappa shape index (κ3) is 5.21. The first-order valence-corrected chi connectivity index (χ1v) is 13.3. The lowest BCUT2D eigenvalue weighted by Gasteiger charge is -2.33. The number of methoxy groups -OCH3 is 2. The van der Waals surface area contributed by atoms with Gasteiger partial charge in [0.15, 0.2) is 16.7 Å². The highest BCUT2D eigenvalue weighted by atomic mass is 32.2. The molecule has 0 radical (unpaired) electrons. The van der Waals surface area contributed by atoms with E-state index in [9.17, 15) is 18.0 Å². The lowest BCUT2D eigenvalue weighted by molar-refractivity contribution is -0.137. The van der Waals surface area contributed by atoms with Gasteiger partial charge < -0.3 is 9.47 Å². The molecule has 1 amide bonds. The highest BCUT2D eigenvalue weighted by Gasteiger charge is 2.43. The zero-order chi connectivity index (χ0) is 26.2. The maximum Gasteiger partial charge on any atom is 0.416 e. The van der Waals surface area contributed by atoms with Gasteiger partial charge in [-0.2, -0.15) is 18.2 Å². The summed E-state index contributed by atoms with van der Waals surface area (Å²) in [6, 6.07) is 8.32. The van der Waals surface area contributed by atoms with Crippen LogP contribution in [-0.2, 0) is 16.7 Å². The number of carbonyl (C=O) groups is 1. The molecule has 3 aliphatic rings. The number of fused-ring (bicyclic) bond motifs is 3. The zero-order valence-corrected chi connectivity index (χ0v) is 21.5. The predicted molar refractivity (Wildman–Crippen MR) is 138 cm³/mol. The zero-order valence-electron chi connectivity index (χ0n) is 20.7. The quantitative estimate of drug-likeness (QED) is 0.421. The summed E-state index contributed by atoms with van der Waals surface area (Å²) in [5.74, 6) is 1.98. The summed E-state index contributed by atoms with van der Waals surface area (Å²) in [4.78, 5) is 24.4. The van der Waals surface area contributed by atoms with E-state index in [0.717, 1.165) is 37.8 Å². The fraction of sp³-hybridized carbons (Fsp3) is 0.444. The highest BCUT2D eigenvalue weighted by molar-refractivity contribution is 8.13. The van der Waals surface area contributed by atoms with Crippen LogP contribution in [0.3, 0.4) is 0 Å². The number of thioether (sulfide) groups is 1. The Morgan fingerprint density at radius 1 is 1.03 bits per heavy atom. The number of nitrogens with zero attached hydrogens (tertiary/aromatic N) is 3. The number of halogens is 3. The normalized spacial score (nSPS) is 19.8. The number of amides is 1. The maximum absolute atomic E-state index is 13.2. The van der Waals surface area contributed by atoms with E-state index in [2.05, 4.69) is 4.99 Å². The van der Waals surface area contributed by atoms with Crippen molar-refractivity contribution in [3.05, 3.63) is 53.1 Å². The van der Waals surface area contributed by atoms with E-state index in [1.165, 1.54) is 38.5 Å². The lowest BCUT2D eigenvalue weighted by atomic mass is 9.84. The van der Waals surface area contributed by atoms with Gasteiger partial charge in [-0.05, 0) is 30.0 Å². The van der Waals surface area contributed by atoms with E-state index >= 15 is 0 Å². The van der Waals surface area contributed by atoms with Gasteiger partial charge in [-0.15, -0.1) is 0 Å². The molecule has 1 atom stereocenters. The Morgan fingerprint density at radius 2 is 1.76 bits per heavy atom. The molecule has 196 valence electrons. The fourth-order valence-corrected chi connectivity index (χ4v) is 6.22. The Morgan fingerprint density at radius 3 is 2.46 bits per heavy atom. The molecule has 0 unspecified atom stereocenters. The van der Waals surface area contributed by atoms with E-state index in [1.807, 2.05) is 4.90 Å². The summed E-state index contributed by atoms with van der Waals surface area (Å²) < 4.78 is 50.6. The van der Waals surface area contributed by atoms with Gasteiger partial charge in [-0.1, -0.05) is 62.1 Å². The summed E-state index contributed by atoms with van der Waals surface area (Å²) in [5, 5.41) is 0.544. The minimum Gasteiger partial charge on any atom is -0.493 e. The molecule has 10 heteroatoms. The molecular weight excluding hydrogens is 503 g/mol. The monoisotopic (exact) mass is 531 g/mol. The Kier molecular flexibility index (Phi) is 7.20. The first-order chi connectivity index (χ1) is 17.8. The highest BCUT2D eigenvalue weighted by Crippen LogP contribution is 2.43. The van der Waals surface area contributed by atoms with Gasteiger partial charge in [0.05, 0.1) is 25.5 Å². The molecule has 37 heavy (non-hydrogen) atoms. The van der Waals surface area contributed by atoms with Gasteiger partial charge in [0.1, 0.15) is 11.9 Å². The molecule has 0 aromatic heterocycles. The molecule has 1 fully saturated rings. The lowest BCUT2D eigenvalue weighted by Crippen LogP contribution is -2.44. The minimum absolute atomic E-state index is 0.212. The van der Waals surface area contributed by atoms with Crippen molar-refractivity contribution in [3.63, 3.8) is 0 Å². The second-order valence-corrected chi connectivity index (χ2v) is 10.4. The predicted octanol–water partition coefficient (Wildman–Crippen LogP) is 6.58. The molecule has 0 N–H and O–H groups in total. The minimum atomic E-state index is -4.41. The molecule has 1 aliphatic carbocycles. The van der Waals surface area contributed by atoms with Crippen molar-refractivity contribution in [1.82, 2.24) is 4.90 Å². The van der Waals surface area contributed by atoms with Gasteiger partial charge in [-0.25, -0.2) is 4.99 Å². The van der Waals surface area contributed by atoms with E-state index in [1.54, 1.807) is 18.2 Å². The summed E-state index contributed by atoms with van der Waals surface area (Å²) in [5.41, 5.74) is 1.08. The van der Waals surface area contributed by atoms with Crippen LogP contribution in [0, 0.1) is 5.92 Å². The first-order valence-electron chi connectivity index (χ1n) is 12.3. The van der Waals surface area contributed by atoms with Gasteiger partial charge in [0.2, 0.25) is 0 Å². The third-order valence-electron chi connectivity index (χ3n) is 7.11. The van der Waals surface area contributed by atoms with Gasteiger partial charge >= 0.3 is 6.18 Å². The van der Waals surface area contributed by atoms with Gasteiger partial charge in [0, 0.05) is 17.4 Å². The van der Waals surface area contributed by atoms with Crippen molar-refractivity contribution < 1.29 is 27.4 Å². The third-order valence-corrected chi connectivity index (χ3v) is 8.13. The Hall–Kier alpha value is -3.01. The summed E-state index contributed by atoms with van der Waals surface area (Å²) in [6.45, 7) is 0. The molecule has 0 spiro atoms. The maximum atomic E-state index is 13.2. The van der Waals surface area contributed by atoms with E-state index < -0.39 is 17.8 Å². The van der Waals surface area contributed by atoms with Crippen LogP contribution >= 0.6 is 11.8 Å². The number of hydrogen-bond acceptors (Lipinski definition) is 6. The SMILES string of the molecule is COc1cc2c(cc1OC)C1=NC(=O)[C@H](CC3CCCCC3)N1C(SCc1cccc(C(F)(F)F)c1)=N2. The number of aliphatic imine (C=N–C) groups is 2. The molecule has 2 heterocycles. The molecular formula is C27H28F3N3O3S. The van der Waals surface area contributed by atoms with Crippen LogP contribution in [0.4, 0.5) is 18.9 Å². The van der Waals surface area contributed by atoms with Crippen molar-refractivity contribution in [3.8, 4) is 11.5 Å². The molecule has 2 aromatic carbocycles. The summed E-state index contributed by atoms with van der Waals surface area (Å²) in [7, 11) is 3.07. The van der Waals surface area contributed by atoms with Crippen molar-refractivity contribution in [2.24, 2.45) is 15.9 Å². The Bertz CT molecular complexity index is 1260. The number of alkyl halides is 3. The van der Waals surface area contributed by atoms with Crippen LogP contribution in [-0.4, -0.2) is 42.1 Å². The number of benzene rings is 2. The van der Waals surface area contributed by atoms with Gasteiger partial charge in [-0.3, -0.25) is 9.69 Å². The number of rotatable bonds is 6. The molecule has 0 saturated heterocycles. The Labute approximate surface area is 218 Å². The standard InChI is InChI=1S/C27H28F3N3O3S/c1-35-22-13-19-20(14-23(22)36-2)31-26(37-15-17-9-6-10-18(11-17)27(28,29)30)33-21(25(34)32-24(19)33)12-16-7-4-3-5-8-16/h6,9-11,13-14,16,21H,3-5,7-8,12,15H2,1-2H3/t21-/m0/s1. The smallest absolute Gasteiger partial charge is 0.416 e. The van der Waals surface area contributed by atoms with Crippen molar-refractivity contribution in [2.45, 2.75) is 56.5 Å². The van der Waals surface area contributed by atoms with Gasteiger partial charge in [0.25, 0.3) is 5.91 Å². The molecule has 1 saturated carbocycles. The second kappa shape index (κ2) is 10.4. The molecule has 0 bridgehead atoms. The van der Waals surface area contributed by atoms with Crippen LogP contribution < -0.4 is 9.47 Å². The van der Waals surface area contributed by atoms with Crippen molar-refractivity contribution in [1.29, 1.82) is 0 Å². The number of carbonyl (C=O) groups excluding carboxylic acids is 1. The number of ether oxygens (including phenoxy) is 2. The van der Waals surface area contributed by atoms with E-state index in [4.69, 9.17) is 14.5 Å². The van der Waals surface area contributed by atoms with Crippen LogP contribution in [0.25, 0.3) is 0 Å². The van der Waals surface area contributed by atoms with Crippen LogP contribution in [0.1, 0.15) is 55.2 Å². The van der Waals surface area contributed by atoms with Crippen molar-refractivity contribution >= 4 is 34.4 Å². The Balaban J connectivity index is 1.50. The average Bonchev–Trinajstić information content (AvgIpc) is 3.22. The van der Waals surface area contributed by atoms with Crippen LogP contribution in [0.5, 0.6) is 11.5 Å². The molecule has 2 aromatic rings. The van der Waals surface area contributed by atoms with E-state index in [0.29, 0.717) is 51.7 Å². The first kappa shape index (κ1) is 25.6. The number of hydrogen-bond donors (Lipinski definition) is 0. The van der Waals surface area contributed by atoms with E-state index in [-0.39, 0.29) is 11.7 Å². The average molecular weight is 532 g/mol. The largest absolute Gasteiger partial charge is 0.493 e. The molecule has 6 nitrogen and oxygen atoms in total. The van der Waals surface area contributed by atoms with Crippen molar-refractivity contribution in [2.75, 3.05) is 14.2 Å². The topological polar surface area (TPSA) is 63.5 Å². The summed E-state index contributed by atoms with van der Waals surface area (Å²) >= 11 is 1.30. The van der Waals surface area contributed by atoms with Crippen LogP contribution in [0.2, 0.25) is 0 Å². The second-order valence-electron chi connectivity index (χ2n) is 9.50. The van der Waals surface area contributed by atoms with Crippen LogP contribution in [0.15, 0.2) is 46.4 Å².